The molecule has 0 spiro atoms. The average Bonchev–Trinajstić information content (AvgIpc) is 2.40. The van der Waals surface area contributed by atoms with Crippen LogP contribution in [-0.2, 0) is 0 Å². The Morgan fingerprint density at radius 2 is 1.33 bits per heavy atom. The fraction of sp³-hybridized carbons (Fsp3) is 0.700. The van der Waals surface area contributed by atoms with Gasteiger partial charge >= 0.3 is 0 Å². The van der Waals surface area contributed by atoms with E-state index in [9.17, 15) is 5.11 Å². The molecule has 1 unspecified atom stereocenters. The highest BCUT2D eigenvalue weighted by molar-refractivity contribution is 5.38. The maximum absolute atomic E-state index is 11.3. The lowest BCUT2D eigenvalue weighted by Crippen LogP contribution is -2.49. The highest BCUT2D eigenvalue weighted by atomic mass is 16.3. The summed E-state index contributed by atoms with van der Waals surface area (Å²) in [4.78, 5) is 0. The number of benzene rings is 1. The lowest BCUT2D eigenvalue weighted by molar-refractivity contribution is -0.122. The number of hydrogen-bond acceptors (Lipinski definition) is 1. The molecule has 0 heterocycles. The molecule has 0 saturated heterocycles. The van der Waals surface area contributed by atoms with E-state index >= 15 is 0 Å². The van der Waals surface area contributed by atoms with Gasteiger partial charge in [-0.3, -0.25) is 0 Å². The minimum absolute atomic E-state index is 0.196. The molecule has 1 aromatic rings. The third-order valence-corrected chi connectivity index (χ3v) is 6.84. The molecule has 4 bridgehead atoms. The summed E-state index contributed by atoms with van der Waals surface area (Å²) in [6.07, 6.45) is 7.89. The summed E-state index contributed by atoms with van der Waals surface area (Å²) in [5.41, 5.74) is 5.34. The predicted molar refractivity (Wildman–Crippen MR) is 86.2 cm³/mol. The molecule has 4 fully saturated rings. The van der Waals surface area contributed by atoms with Crippen molar-refractivity contribution < 1.29 is 5.11 Å². The van der Waals surface area contributed by atoms with Crippen LogP contribution in [0.25, 0.3) is 0 Å². The van der Waals surface area contributed by atoms with E-state index in [1.54, 1.807) is 0 Å². The Morgan fingerprint density at radius 3 is 1.86 bits per heavy atom. The molecular weight excluding hydrogens is 256 g/mol. The Morgan fingerprint density at radius 1 is 0.857 bits per heavy atom. The van der Waals surface area contributed by atoms with Crippen LogP contribution in [-0.4, -0.2) is 5.11 Å². The van der Waals surface area contributed by atoms with Crippen molar-refractivity contribution in [1.29, 1.82) is 0 Å². The van der Waals surface area contributed by atoms with Gasteiger partial charge in [-0.1, -0.05) is 12.1 Å². The van der Waals surface area contributed by atoms with Crippen molar-refractivity contribution in [3.05, 3.63) is 34.4 Å². The molecule has 1 nitrogen and oxygen atoms in total. The highest BCUT2D eigenvalue weighted by Gasteiger charge is 2.54. The Kier molecular flexibility index (Phi) is 3.02. The van der Waals surface area contributed by atoms with Crippen LogP contribution in [0.5, 0.6) is 0 Å². The lowest BCUT2D eigenvalue weighted by atomic mass is 9.47. The van der Waals surface area contributed by atoms with Crippen LogP contribution in [0.1, 0.15) is 66.9 Å². The molecule has 1 aromatic carbocycles. The van der Waals surface area contributed by atoms with E-state index in [-0.39, 0.29) is 11.5 Å². The fourth-order valence-corrected chi connectivity index (χ4v) is 6.12. The summed E-state index contributed by atoms with van der Waals surface area (Å²) >= 11 is 0. The fourth-order valence-electron chi connectivity index (χ4n) is 6.12. The van der Waals surface area contributed by atoms with Crippen LogP contribution in [0.2, 0.25) is 0 Å². The number of hydrogen-bond donors (Lipinski definition) is 1. The van der Waals surface area contributed by atoms with Gasteiger partial charge in [-0.25, -0.2) is 0 Å². The first kappa shape index (κ1) is 13.8. The van der Waals surface area contributed by atoms with Gasteiger partial charge in [-0.15, -0.1) is 0 Å². The SMILES string of the molecule is Cc1cc(C)c(C(O)C23CC4CC(CC(C4)C2)C3)cc1C. The highest BCUT2D eigenvalue weighted by Crippen LogP contribution is 2.64. The van der Waals surface area contributed by atoms with Crippen molar-refractivity contribution in [2.45, 2.75) is 65.4 Å². The summed E-state index contributed by atoms with van der Waals surface area (Å²) in [6, 6.07) is 4.52. The lowest BCUT2D eigenvalue weighted by Gasteiger charge is -2.58. The van der Waals surface area contributed by atoms with E-state index in [1.807, 2.05) is 0 Å². The van der Waals surface area contributed by atoms with Crippen LogP contribution in [0.3, 0.4) is 0 Å². The van der Waals surface area contributed by atoms with Gasteiger partial charge in [-0.05, 0) is 99.3 Å². The maximum atomic E-state index is 11.3. The Balaban J connectivity index is 1.71. The summed E-state index contributed by atoms with van der Waals surface area (Å²) in [5, 5.41) is 11.3. The van der Waals surface area contributed by atoms with Gasteiger partial charge in [-0.2, -0.15) is 0 Å². The van der Waals surface area contributed by atoms with Crippen LogP contribution in [0.4, 0.5) is 0 Å². The predicted octanol–water partition coefficient (Wildman–Crippen LogP) is 4.86. The molecule has 4 saturated carbocycles. The van der Waals surface area contributed by atoms with E-state index in [0.29, 0.717) is 0 Å². The zero-order valence-corrected chi connectivity index (χ0v) is 13.7. The Bertz CT molecular complexity index is 536. The molecule has 0 aliphatic heterocycles. The second-order valence-electron chi connectivity index (χ2n) is 8.48. The van der Waals surface area contributed by atoms with Crippen molar-refractivity contribution in [2.75, 3.05) is 0 Å². The van der Waals surface area contributed by atoms with Crippen LogP contribution in [0.15, 0.2) is 12.1 Å². The van der Waals surface area contributed by atoms with Crippen LogP contribution >= 0.6 is 0 Å². The standard InChI is InChI=1S/C20H28O/c1-12-4-14(3)18(5-13(12)2)19(21)20-9-15-6-16(10-20)8-17(7-15)11-20/h4-5,15-17,19,21H,6-11H2,1-3H3. The third kappa shape index (κ3) is 2.08. The number of aliphatic hydroxyl groups excluding tert-OH is 1. The first-order valence-corrected chi connectivity index (χ1v) is 8.73. The van der Waals surface area contributed by atoms with Gasteiger partial charge in [0.05, 0.1) is 6.10 Å². The summed E-state index contributed by atoms with van der Waals surface area (Å²) in [5.74, 6) is 2.70. The van der Waals surface area contributed by atoms with Crippen molar-refractivity contribution >= 4 is 0 Å². The first-order chi connectivity index (χ1) is 9.97. The minimum atomic E-state index is -0.245. The second kappa shape index (κ2) is 4.59. The minimum Gasteiger partial charge on any atom is -0.388 e. The molecule has 4 aliphatic carbocycles. The van der Waals surface area contributed by atoms with Crippen molar-refractivity contribution in [1.82, 2.24) is 0 Å². The molecular formula is C20H28O. The zero-order chi connectivity index (χ0) is 14.8. The summed E-state index contributed by atoms with van der Waals surface area (Å²) < 4.78 is 0. The van der Waals surface area contributed by atoms with E-state index in [0.717, 1.165) is 17.8 Å². The van der Waals surface area contributed by atoms with E-state index in [2.05, 4.69) is 32.9 Å². The van der Waals surface area contributed by atoms with E-state index in [4.69, 9.17) is 0 Å². The monoisotopic (exact) mass is 284 g/mol. The molecule has 1 atom stereocenters. The first-order valence-electron chi connectivity index (χ1n) is 8.73. The van der Waals surface area contributed by atoms with Gasteiger partial charge in [0.25, 0.3) is 0 Å². The Labute approximate surface area is 128 Å². The molecule has 0 aromatic heterocycles. The molecule has 5 rings (SSSR count). The largest absolute Gasteiger partial charge is 0.388 e. The molecule has 0 amide bonds. The molecule has 21 heavy (non-hydrogen) atoms. The molecule has 4 aliphatic rings. The van der Waals surface area contributed by atoms with Gasteiger partial charge < -0.3 is 5.11 Å². The number of aliphatic hydroxyl groups is 1. The van der Waals surface area contributed by atoms with Gasteiger partial charge in [0.2, 0.25) is 0 Å². The summed E-state index contributed by atoms with van der Waals surface area (Å²) in [7, 11) is 0. The average molecular weight is 284 g/mol. The second-order valence-corrected chi connectivity index (χ2v) is 8.48. The molecule has 0 radical (unpaired) electrons. The van der Waals surface area contributed by atoms with Gasteiger partial charge in [0, 0.05) is 5.41 Å². The molecule has 1 heteroatoms. The van der Waals surface area contributed by atoms with Crippen LogP contribution < -0.4 is 0 Å². The summed E-state index contributed by atoms with van der Waals surface area (Å²) in [6.45, 7) is 6.51. The molecule has 1 N–H and O–H groups in total. The van der Waals surface area contributed by atoms with Crippen molar-refractivity contribution in [3.8, 4) is 0 Å². The normalized spacial score (nSPS) is 38.8. The van der Waals surface area contributed by atoms with E-state index < -0.39 is 0 Å². The topological polar surface area (TPSA) is 20.2 Å². The maximum Gasteiger partial charge on any atom is 0.0849 e. The van der Waals surface area contributed by atoms with Crippen molar-refractivity contribution in [3.63, 3.8) is 0 Å². The third-order valence-electron chi connectivity index (χ3n) is 6.84. The Hall–Kier alpha value is -0.820. The van der Waals surface area contributed by atoms with Gasteiger partial charge in [0.15, 0.2) is 0 Å². The quantitative estimate of drug-likeness (QED) is 0.822. The van der Waals surface area contributed by atoms with Crippen molar-refractivity contribution in [2.24, 2.45) is 23.2 Å². The number of aryl methyl sites for hydroxylation is 3. The smallest absolute Gasteiger partial charge is 0.0849 e. The number of rotatable bonds is 2. The zero-order valence-electron chi connectivity index (χ0n) is 13.7. The van der Waals surface area contributed by atoms with Gasteiger partial charge in [0.1, 0.15) is 0 Å². The van der Waals surface area contributed by atoms with E-state index in [1.165, 1.54) is 60.8 Å². The molecule has 114 valence electrons. The van der Waals surface area contributed by atoms with Crippen LogP contribution in [0, 0.1) is 43.9 Å².